The summed E-state index contributed by atoms with van der Waals surface area (Å²) in [5.41, 5.74) is 0. The quantitative estimate of drug-likeness (QED) is 0.661. The fourth-order valence-corrected chi connectivity index (χ4v) is 1.31. The number of rotatable bonds is 7. The van der Waals surface area contributed by atoms with Gasteiger partial charge >= 0.3 is 11.9 Å². The first-order chi connectivity index (χ1) is 7.86. The van der Waals surface area contributed by atoms with Gasteiger partial charge in [0.2, 0.25) is 5.91 Å². The minimum absolute atomic E-state index is 0.0566. The molecule has 0 saturated carbocycles. The maximum atomic E-state index is 11.6. The van der Waals surface area contributed by atoms with E-state index < -0.39 is 11.9 Å². The number of carboxylic acid groups (broad SMARTS) is 1. The van der Waals surface area contributed by atoms with E-state index in [1.165, 1.54) is 11.9 Å². The monoisotopic (exact) mass is 245 g/mol. The van der Waals surface area contributed by atoms with Crippen LogP contribution in [0, 0.1) is 5.92 Å². The van der Waals surface area contributed by atoms with Crippen LogP contribution in [0.5, 0.6) is 0 Å². The molecule has 0 aliphatic rings. The number of esters is 1. The summed E-state index contributed by atoms with van der Waals surface area (Å²) in [6.07, 6.45) is 0.0567. The average Bonchev–Trinajstić information content (AvgIpc) is 2.15. The summed E-state index contributed by atoms with van der Waals surface area (Å²) in [5.74, 6) is -1.90. The molecule has 1 atom stereocenters. The van der Waals surface area contributed by atoms with Gasteiger partial charge in [0, 0.05) is 19.9 Å². The highest BCUT2D eigenvalue weighted by Gasteiger charge is 2.17. The Morgan fingerprint density at radius 3 is 2.35 bits per heavy atom. The van der Waals surface area contributed by atoms with Crippen LogP contribution in [0.4, 0.5) is 0 Å². The van der Waals surface area contributed by atoms with Gasteiger partial charge in [0.1, 0.15) is 6.54 Å². The van der Waals surface area contributed by atoms with Gasteiger partial charge in [-0.3, -0.25) is 14.4 Å². The average molecular weight is 245 g/mol. The maximum absolute atomic E-state index is 11.6. The summed E-state index contributed by atoms with van der Waals surface area (Å²) < 4.78 is 4.71. The number of ether oxygens (including phenoxy) is 1. The molecular weight excluding hydrogens is 226 g/mol. The molecule has 1 unspecified atom stereocenters. The lowest BCUT2D eigenvalue weighted by molar-refractivity contribution is -0.148. The number of nitrogens with zero attached hydrogens (tertiary/aromatic N) is 1. The molecule has 0 fully saturated rings. The van der Waals surface area contributed by atoms with Gasteiger partial charge in [-0.05, 0) is 12.8 Å². The largest absolute Gasteiger partial charge is 0.481 e. The third kappa shape index (κ3) is 7.32. The van der Waals surface area contributed by atoms with Crippen LogP contribution >= 0.6 is 0 Å². The molecule has 17 heavy (non-hydrogen) atoms. The second kappa shape index (κ2) is 7.65. The second-order valence-corrected chi connectivity index (χ2v) is 3.96. The Hall–Kier alpha value is -1.59. The number of carboxylic acids is 1. The van der Waals surface area contributed by atoms with Gasteiger partial charge in [-0.25, -0.2) is 0 Å². The molecule has 0 aromatic carbocycles. The fourth-order valence-electron chi connectivity index (χ4n) is 1.31. The predicted molar refractivity (Wildman–Crippen MR) is 60.3 cm³/mol. The summed E-state index contributed by atoms with van der Waals surface area (Å²) in [5, 5.41) is 8.55. The first kappa shape index (κ1) is 15.4. The summed E-state index contributed by atoms with van der Waals surface area (Å²) in [4.78, 5) is 34.4. The van der Waals surface area contributed by atoms with Crippen LogP contribution in [0.1, 0.15) is 26.7 Å². The lowest BCUT2D eigenvalue weighted by Gasteiger charge is -2.17. The molecule has 0 radical (unpaired) electrons. The first-order valence-corrected chi connectivity index (χ1v) is 5.48. The van der Waals surface area contributed by atoms with Crippen LogP contribution in [-0.2, 0) is 19.1 Å². The van der Waals surface area contributed by atoms with Gasteiger partial charge in [0.15, 0.2) is 0 Å². The van der Waals surface area contributed by atoms with Crippen LogP contribution in [0.15, 0.2) is 0 Å². The minimum Gasteiger partial charge on any atom is -0.481 e. The van der Waals surface area contributed by atoms with E-state index in [0.29, 0.717) is 0 Å². The van der Waals surface area contributed by atoms with Crippen molar-refractivity contribution in [3.8, 4) is 0 Å². The van der Waals surface area contributed by atoms with E-state index >= 15 is 0 Å². The van der Waals surface area contributed by atoms with E-state index in [2.05, 4.69) is 0 Å². The van der Waals surface area contributed by atoms with Crippen molar-refractivity contribution in [3.05, 3.63) is 0 Å². The summed E-state index contributed by atoms with van der Waals surface area (Å²) in [6, 6.07) is 0. The van der Waals surface area contributed by atoms with Gasteiger partial charge in [0.05, 0.1) is 6.61 Å². The van der Waals surface area contributed by atoms with Crippen molar-refractivity contribution in [1.29, 1.82) is 0 Å². The van der Waals surface area contributed by atoms with E-state index in [-0.39, 0.29) is 37.8 Å². The Kier molecular flexibility index (Phi) is 6.93. The van der Waals surface area contributed by atoms with Crippen molar-refractivity contribution in [2.75, 3.05) is 20.2 Å². The molecule has 0 heterocycles. The number of carbonyl (C=O) groups excluding carboxylic acids is 2. The minimum atomic E-state index is -0.932. The Labute approximate surface area is 101 Å². The summed E-state index contributed by atoms with van der Waals surface area (Å²) >= 11 is 0. The standard InChI is InChI=1S/C11H19NO5/c1-4-17-11(16)7-12(3)9(13)5-8(2)6-10(14)15/h8H,4-7H2,1-3H3,(H,14,15). The summed E-state index contributed by atoms with van der Waals surface area (Å²) in [7, 11) is 1.49. The number of aliphatic carboxylic acids is 1. The number of hydrogen-bond acceptors (Lipinski definition) is 4. The van der Waals surface area contributed by atoms with Crippen LogP contribution < -0.4 is 0 Å². The Balaban J connectivity index is 4.04. The molecule has 0 spiro atoms. The molecule has 0 aliphatic carbocycles. The van der Waals surface area contributed by atoms with Gasteiger partial charge < -0.3 is 14.7 Å². The Morgan fingerprint density at radius 1 is 1.29 bits per heavy atom. The lowest BCUT2D eigenvalue weighted by Crippen LogP contribution is -2.34. The number of likely N-dealkylation sites (N-methyl/N-ethyl adjacent to an activating group) is 1. The highest BCUT2D eigenvalue weighted by molar-refractivity contribution is 5.82. The molecule has 1 N–H and O–H groups in total. The molecule has 0 rings (SSSR count). The highest BCUT2D eigenvalue weighted by Crippen LogP contribution is 2.09. The van der Waals surface area contributed by atoms with Crippen molar-refractivity contribution in [3.63, 3.8) is 0 Å². The first-order valence-electron chi connectivity index (χ1n) is 5.48. The SMILES string of the molecule is CCOC(=O)CN(C)C(=O)CC(C)CC(=O)O. The van der Waals surface area contributed by atoms with Gasteiger partial charge in [0.25, 0.3) is 0 Å². The fraction of sp³-hybridized carbons (Fsp3) is 0.727. The topological polar surface area (TPSA) is 83.9 Å². The van der Waals surface area contributed by atoms with Crippen molar-refractivity contribution in [2.45, 2.75) is 26.7 Å². The van der Waals surface area contributed by atoms with Crippen molar-refractivity contribution >= 4 is 17.8 Å². The van der Waals surface area contributed by atoms with E-state index in [1.807, 2.05) is 0 Å². The Morgan fingerprint density at radius 2 is 1.88 bits per heavy atom. The van der Waals surface area contributed by atoms with E-state index in [4.69, 9.17) is 9.84 Å². The zero-order valence-electron chi connectivity index (χ0n) is 10.4. The lowest BCUT2D eigenvalue weighted by atomic mass is 10.0. The number of amides is 1. The smallest absolute Gasteiger partial charge is 0.325 e. The van der Waals surface area contributed by atoms with Gasteiger partial charge in [-0.15, -0.1) is 0 Å². The third-order valence-corrected chi connectivity index (χ3v) is 2.14. The zero-order valence-corrected chi connectivity index (χ0v) is 10.4. The second-order valence-electron chi connectivity index (χ2n) is 3.96. The predicted octanol–water partition coefficient (Wildman–Crippen LogP) is 0.509. The normalized spacial score (nSPS) is 11.7. The molecule has 98 valence electrons. The van der Waals surface area contributed by atoms with Crippen molar-refractivity contribution in [2.24, 2.45) is 5.92 Å². The van der Waals surface area contributed by atoms with Crippen LogP contribution in [0.2, 0.25) is 0 Å². The summed E-state index contributed by atoms with van der Waals surface area (Å²) in [6.45, 7) is 3.54. The van der Waals surface area contributed by atoms with Crippen molar-refractivity contribution < 1.29 is 24.2 Å². The third-order valence-electron chi connectivity index (χ3n) is 2.14. The van der Waals surface area contributed by atoms with E-state index in [1.54, 1.807) is 13.8 Å². The molecule has 0 saturated heterocycles. The molecule has 1 amide bonds. The zero-order chi connectivity index (χ0) is 13.4. The van der Waals surface area contributed by atoms with Gasteiger partial charge in [-0.2, -0.15) is 0 Å². The maximum Gasteiger partial charge on any atom is 0.325 e. The molecule has 0 aromatic heterocycles. The number of hydrogen-bond donors (Lipinski definition) is 1. The van der Waals surface area contributed by atoms with Crippen LogP contribution in [0.3, 0.4) is 0 Å². The number of carbonyl (C=O) groups is 3. The van der Waals surface area contributed by atoms with Crippen LogP contribution in [0.25, 0.3) is 0 Å². The van der Waals surface area contributed by atoms with Crippen molar-refractivity contribution in [1.82, 2.24) is 4.90 Å². The van der Waals surface area contributed by atoms with Crippen LogP contribution in [-0.4, -0.2) is 48.1 Å². The molecule has 6 nitrogen and oxygen atoms in total. The van der Waals surface area contributed by atoms with E-state index in [9.17, 15) is 14.4 Å². The molecule has 0 aliphatic heterocycles. The highest BCUT2D eigenvalue weighted by atomic mass is 16.5. The van der Waals surface area contributed by atoms with Gasteiger partial charge in [-0.1, -0.05) is 6.92 Å². The molecule has 0 bridgehead atoms. The molecule has 0 aromatic rings. The molecule has 6 heteroatoms. The molecular formula is C11H19NO5. The Bertz CT molecular complexity index is 290. The van der Waals surface area contributed by atoms with E-state index in [0.717, 1.165) is 0 Å².